The lowest BCUT2D eigenvalue weighted by Gasteiger charge is -2.23. The third kappa shape index (κ3) is 12.0. The number of aliphatic hydroxyl groups excluding tert-OH is 1. The Morgan fingerprint density at radius 1 is 0.723 bits per heavy atom. The number of nitrogens with zero attached hydrogens (tertiary/aromatic N) is 1. The monoisotopic (exact) mass is 647 g/mol. The summed E-state index contributed by atoms with van der Waals surface area (Å²) in [5, 5.41) is 26.1. The smallest absolute Gasteiger partial charge is 0.245 e. The van der Waals surface area contributed by atoms with Crippen LogP contribution in [0, 0.1) is 0 Å². The van der Waals surface area contributed by atoms with Crippen molar-refractivity contribution < 1.29 is 38.7 Å². The van der Waals surface area contributed by atoms with Crippen molar-refractivity contribution in [1.82, 2.24) is 36.9 Å². The Hall–Kier alpha value is -5.70. The number of carbonyl (C=O) groups is 7. The summed E-state index contributed by atoms with van der Waals surface area (Å²) in [4.78, 5) is 89.7. The summed E-state index contributed by atoms with van der Waals surface area (Å²) in [6, 6.07) is 12.9. The molecule has 1 aromatic heterocycles. The molecule has 7 N–H and O–H groups in total. The van der Waals surface area contributed by atoms with Crippen molar-refractivity contribution in [1.29, 1.82) is 0 Å². The third-order valence-electron chi connectivity index (χ3n) is 6.81. The number of pyridine rings is 1. The van der Waals surface area contributed by atoms with Gasteiger partial charge in [0, 0.05) is 32.2 Å². The van der Waals surface area contributed by atoms with Gasteiger partial charge in [0.25, 0.3) is 0 Å². The van der Waals surface area contributed by atoms with E-state index in [1.165, 1.54) is 19.3 Å². The summed E-state index contributed by atoms with van der Waals surface area (Å²) in [7, 11) is 0. The van der Waals surface area contributed by atoms with Crippen molar-refractivity contribution in [3.63, 3.8) is 0 Å². The van der Waals surface area contributed by atoms with Gasteiger partial charge in [-0.3, -0.25) is 33.8 Å². The van der Waals surface area contributed by atoms with Crippen LogP contribution in [0.4, 0.5) is 0 Å². The van der Waals surface area contributed by atoms with Crippen LogP contribution in [0.15, 0.2) is 67.0 Å². The predicted molar refractivity (Wildman–Crippen MR) is 169 cm³/mol. The van der Waals surface area contributed by atoms with Crippen molar-refractivity contribution in [3.05, 3.63) is 78.1 Å². The topological polar surface area (TPSA) is 225 Å². The zero-order chi connectivity index (χ0) is 34.2. The minimum absolute atomic E-state index is 0.0519. The highest BCUT2D eigenvalue weighted by Gasteiger charge is 2.28. The molecule has 0 spiro atoms. The maximum atomic E-state index is 13.2. The fraction of sp³-hybridized carbons (Fsp3) is 0.312. The molecule has 0 saturated carbocycles. The summed E-state index contributed by atoms with van der Waals surface area (Å²) in [5.74, 6) is -4.17. The van der Waals surface area contributed by atoms with Gasteiger partial charge in [-0.05, 0) is 28.0 Å². The average molecular weight is 648 g/mol. The Balaban J connectivity index is 1.64. The van der Waals surface area contributed by atoms with Crippen molar-refractivity contribution in [2.45, 2.75) is 37.9 Å². The molecule has 0 aliphatic carbocycles. The number of aromatic nitrogens is 1. The van der Waals surface area contributed by atoms with Crippen LogP contribution >= 0.6 is 0 Å². The molecule has 0 saturated heterocycles. The van der Waals surface area contributed by atoms with Crippen molar-refractivity contribution in [2.24, 2.45) is 0 Å². The quantitative estimate of drug-likeness (QED) is 0.0806. The van der Waals surface area contributed by atoms with Crippen LogP contribution in [0.5, 0.6) is 0 Å². The van der Waals surface area contributed by atoms with Crippen LogP contribution in [0.1, 0.15) is 18.1 Å². The molecular weight excluding hydrogens is 610 g/mol. The lowest BCUT2D eigenvalue weighted by molar-refractivity contribution is -0.133. The first-order valence-corrected chi connectivity index (χ1v) is 14.7. The highest BCUT2D eigenvalue weighted by atomic mass is 16.3. The maximum Gasteiger partial charge on any atom is 0.245 e. The Kier molecular flexibility index (Phi) is 13.9. The molecule has 0 aliphatic heterocycles. The molecule has 0 radical (unpaired) electrons. The largest absolute Gasteiger partial charge is 0.394 e. The molecule has 1 heterocycles. The number of aliphatic hydroxyl groups is 1. The molecule has 0 fully saturated rings. The van der Waals surface area contributed by atoms with Gasteiger partial charge in [-0.25, -0.2) is 0 Å². The van der Waals surface area contributed by atoms with Gasteiger partial charge in [-0.15, -0.1) is 0 Å². The summed E-state index contributed by atoms with van der Waals surface area (Å²) in [5.41, 5.74) is 1.36. The summed E-state index contributed by atoms with van der Waals surface area (Å²) in [6.45, 7) is -0.835. The number of carbonyl (C=O) groups excluding carboxylic acids is 7. The Labute approximate surface area is 270 Å². The van der Waals surface area contributed by atoms with Gasteiger partial charge in [0.15, 0.2) is 0 Å². The Morgan fingerprint density at radius 3 is 2.04 bits per heavy atom. The van der Waals surface area contributed by atoms with Gasteiger partial charge < -0.3 is 41.8 Å². The third-order valence-corrected chi connectivity index (χ3v) is 6.81. The van der Waals surface area contributed by atoms with Gasteiger partial charge in [0.2, 0.25) is 35.4 Å². The molecule has 15 nitrogen and oxygen atoms in total. The number of rotatable bonds is 17. The van der Waals surface area contributed by atoms with Gasteiger partial charge in [0.05, 0.1) is 26.2 Å². The first-order valence-electron chi connectivity index (χ1n) is 14.7. The van der Waals surface area contributed by atoms with Gasteiger partial charge in [-0.2, -0.15) is 0 Å². The molecule has 2 aromatic carbocycles. The summed E-state index contributed by atoms with van der Waals surface area (Å²) >= 11 is 0. The minimum atomic E-state index is -1.47. The lowest BCUT2D eigenvalue weighted by Crippen LogP contribution is -2.57. The molecule has 3 unspecified atom stereocenters. The number of benzene rings is 2. The normalized spacial score (nSPS) is 12.5. The van der Waals surface area contributed by atoms with Crippen LogP contribution in [0.25, 0.3) is 10.8 Å². The van der Waals surface area contributed by atoms with E-state index in [0.29, 0.717) is 11.8 Å². The van der Waals surface area contributed by atoms with Gasteiger partial charge in [-0.1, -0.05) is 48.5 Å². The number of hydrogen-bond acceptors (Lipinski definition) is 9. The first-order chi connectivity index (χ1) is 22.6. The van der Waals surface area contributed by atoms with Crippen LogP contribution in [0.3, 0.4) is 0 Å². The SMILES string of the molecule is CC(=O)NC(Cc1ccc2ccccc2c1)C(=O)NCC(=O)NC(Cc1cccnc1)C(=O)NC(CO)C(=O)NCC(=O)NCC=O. The Morgan fingerprint density at radius 2 is 1.38 bits per heavy atom. The second-order valence-electron chi connectivity index (χ2n) is 10.5. The fourth-order valence-electron chi connectivity index (χ4n) is 4.53. The van der Waals surface area contributed by atoms with E-state index in [-0.39, 0.29) is 19.4 Å². The highest BCUT2D eigenvalue weighted by molar-refractivity contribution is 5.95. The van der Waals surface area contributed by atoms with E-state index in [9.17, 15) is 38.7 Å². The fourth-order valence-corrected chi connectivity index (χ4v) is 4.53. The van der Waals surface area contributed by atoms with Crippen LogP contribution in [0.2, 0.25) is 0 Å². The molecule has 6 amide bonds. The maximum absolute atomic E-state index is 13.2. The van der Waals surface area contributed by atoms with Gasteiger partial charge >= 0.3 is 0 Å². The predicted octanol–water partition coefficient (Wildman–Crippen LogP) is -1.97. The van der Waals surface area contributed by atoms with Gasteiger partial charge in [0.1, 0.15) is 24.4 Å². The van der Waals surface area contributed by atoms with Crippen molar-refractivity contribution in [3.8, 4) is 0 Å². The minimum Gasteiger partial charge on any atom is -0.394 e. The number of hydrogen-bond donors (Lipinski definition) is 7. The van der Waals surface area contributed by atoms with E-state index >= 15 is 0 Å². The average Bonchev–Trinajstić information content (AvgIpc) is 3.07. The summed E-state index contributed by atoms with van der Waals surface area (Å²) < 4.78 is 0. The molecule has 3 aromatic rings. The second-order valence-corrected chi connectivity index (χ2v) is 10.5. The van der Waals surface area contributed by atoms with E-state index in [1.54, 1.807) is 12.1 Å². The lowest BCUT2D eigenvalue weighted by atomic mass is 10.0. The molecule has 47 heavy (non-hydrogen) atoms. The molecular formula is C32H37N7O8. The molecule has 15 heteroatoms. The highest BCUT2D eigenvalue weighted by Crippen LogP contribution is 2.17. The van der Waals surface area contributed by atoms with E-state index in [0.717, 1.165) is 16.3 Å². The molecule has 0 bridgehead atoms. The molecule has 0 aliphatic rings. The first kappa shape index (κ1) is 35.8. The molecule has 3 rings (SSSR count). The van der Waals surface area contributed by atoms with E-state index in [2.05, 4.69) is 36.9 Å². The van der Waals surface area contributed by atoms with Crippen molar-refractivity contribution in [2.75, 3.05) is 26.2 Å². The Bertz CT molecular complexity index is 1580. The number of fused-ring (bicyclic) bond motifs is 1. The van der Waals surface area contributed by atoms with Crippen molar-refractivity contribution >= 4 is 52.5 Å². The standard InChI is InChI=1S/C32H37N7O8/c1-20(42)37-25(14-21-8-9-23-6-2-3-7-24(23)13-21)30(45)36-18-29(44)38-26(15-22-5-4-10-33-16-22)32(47)39-27(19-41)31(46)35-17-28(43)34-11-12-40/h2-10,12-13,16,25-27,41H,11,14-15,17-19H2,1H3,(H,34,43)(H,35,46)(H,36,45)(H,37,42)(H,38,44)(H,39,47). The second kappa shape index (κ2) is 18.3. The summed E-state index contributed by atoms with van der Waals surface area (Å²) in [6.07, 6.45) is 3.57. The number of aldehydes is 1. The van der Waals surface area contributed by atoms with E-state index in [1.807, 2.05) is 42.5 Å². The number of amides is 6. The van der Waals surface area contributed by atoms with E-state index < -0.39 is 73.3 Å². The number of nitrogens with one attached hydrogen (secondary N) is 6. The van der Waals surface area contributed by atoms with Crippen LogP contribution < -0.4 is 31.9 Å². The zero-order valence-corrected chi connectivity index (χ0v) is 25.7. The van der Waals surface area contributed by atoms with E-state index in [4.69, 9.17) is 0 Å². The molecule has 3 atom stereocenters. The zero-order valence-electron chi connectivity index (χ0n) is 25.7. The van der Waals surface area contributed by atoms with Crippen LogP contribution in [-0.2, 0) is 46.4 Å². The van der Waals surface area contributed by atoms with Crippen LogP contribution in [-0.4, -0.2) is 96.2 Å². The molecule has 248 valence electrons.